The summed E-state index contributed by atoms with van der Waals surface area (Å²) in [5.74, 6) is 0.982. The van der Waals surface area contributed by atoms with Crippen LogP contribution in [0.15, 0.2) is 4.99 Å². The summed E-state index contributed by atoms with van der Waals surface area (Å²) in [7, 11) is 1.21. The molecule has 0 radical (unpaired) electrons. The maximum absolute atomic E-state index is 5.81. The lowest BCUT2D eigenvalue weighted by molar-refractivity contribution is 0.0712. The highest BCUT2D eigenvalue weighted by atomic mass is 32.2. The van der Waals surface area contributed by atoms with Gasteiger partial charge in [-0.15, -0.1) is 0 Å². The normalized spacial score (nSPS) is 12.8. The van der Waals surface area contributed by atoms with Gasteiger partial charge in [-0.25, -0.2) is 0 Å². The number of nitrogens with zero attached hydrogens (tertiary/aromatic N) is 1. The van der Waals surface area contributed by atoms with E-state index >= 15 is 0 Å². The minimum atomic E-state index is -2.46. The molecule has 0 aliphatic carbocycles. The predicted molar refractivity (Wildman–Crippen MR) is 84.9 cm³/mol. The van der Waals surface area contributed by atoms with E-state index in [1.807, 2.05) is 27.8 Å². The molecule has 0 fully saturated rings. The molecule has 0 amide bonds. The van der Waals surface area contributed by atoms with E-state index in [0.717, 1.165) is 23.4 Å². The fourth-order valence-corrected chi connectivity index (χ4v) is 5.33. The van der Waals surface area contributed by atoms with Gasteiger partial charge in [-0.05, 0) is 27.2 Å². The number of aliphatic imine (C=N–C) groups is 1. The van der Waals surface area contributed by atoms with Crippen molar-refractivity contribution in [3.05, 3.63) is 0 Å². The maximum Gasteiger partial charge on any atom is 0.500 e. The van der Waals surface area contributed by atoms with Gasteiger partial charge in [-0.1, -0.05) is 11.8 Å². The molecule has 0 spiro atoms. The molecule has 1 N–H and O–H groups in total. The molecule has 114 valence electrons. The van der Waals surface area contributed by atoms with Crippen LogP contribution < -0.4 is 5.32 Å². The van der Waals surface area contributed by atoms with Crippen LogP contribution >= 0.6 is 11.8 Å². The van der Waals surface area contributed by atoms with Gasteiger partial charge >= 0.3 is 8.80 Å². The van der Waals surface area contributed by atoms with Crippen LogP contribution in [0.25, 0.3) is 0 Å². The molecular formula is C12H28N2O3SSi. The van der Waals surface area contributed by atoms with Crippen molar-refractivity contribution in [1.29, 1.82) is 0 Å². The predicted octanol–water partition coefficient (Wildman–Crippen LogP) is 2.36. The van der Waals surface area contributed by atoms with Gasteiger partial charge in [0.2, 0.25) is 0 Å². The van der Waals surface area contributed by atoms with E-state index in [1.165, 1.54) is 0 Å². The number of amidine groups is 1. The van der Waals surface area contributed by atoms with E-state index in [-0.39, 0.29) is 0 Å². The zero-order chi connectivity index (χ0) is 14.6. The zero-order valence-corrected chi connectivity index (χ0v) is 14.6. The topological polar surface area (TPSA) is 52.1 Å². The Bertz CT molecular complexity index is 238. The van der Waals surface area contributed by atoms with Crippen LogP contribution in [0.2, 0.25) is 6.04 Å². The lowest BCUT2D eigenvalue weighted by atomic mass is 10.6. The summed E-state index contributed by atoms with van der Waals surface area (Å²) < 4.78 is 17.4. The van der Waals surface area contributed by atoms with Crippen molar-refractivity contribution < 1.29 is 13.3 Å². The van der Waals surface area contributed by atoms with Crippen molar-refractivity contribution >= 4 is 25.7 Å². The Morgan fingerprint density at radius 1 is 1.11 bits per heavy atom. The molecule has 7 heteroatoms. The molecule has 5 nitrogen and oxygen atoms in total. The van der Waals surface area contributed by atoms with Crippen LogP contribution in [0.5, 0.6) is 0 Å². The van der Waals surface area contributed by atoms with Crippen molar-refractivity contribution in [2.75, 3.05) is 39.7 Å². The fraction of sp³-hybridized carbons (Fsp3) is 0.917. The quantitative estimate of drug-likeness (QED) is 0.291. The van der Waals surface area contributed by atoms with Gasteiger partial charge in [-0.3, -0.25) is 4.99 Å². The van der Waals surface area contributed by atoms with Gasteiger partial charge in [-0.2, -0.15) is 0 Å². The van der Waals surface area contributed by atoms with Gasteiger partial charge in [0.25, 0.3) is 0 Å². The third kappa shape index (κ3) is 7.94. The van der Waals surface area contributed by atoms with Gasteiger partial charge in [0, 0.05) is 45.7 Å². The van der Waals surface area contributed by atoms with Crippen LogP contribution in [-0.2, 0) is 13.3 Å². The molecule has 0 aromatic heterocycles. The second-order valence-corrected chi connectivity index (χ2v) is 7.53. The summed E-state index contributed by atoms with van der Waals surface area (Å²) >= 11 is 1.71. The molecule has 0 heterocycles. The van der Waals surface area contributed by atoms with E-state index in [4.69, 9.17) is 13.3 Å². The molecule has 19 heavy (non-hydrogen) atoms. The van der Waals surface area contributed by atoms with Gasteiger partial charge in [0.15, 0.2) is 5.17 Å². The molecule has 0 aromatic carbocycles. The first-order valence-electron chi connectivity index (χ1n) is 6.87. The Labute approximate surface area is 122 Å². The second-order valence-electron chi connectivity index (χ2n) is 3.71. The van der Waals surface area contributed by atoms with Gasteiger partial charge < -0.3 is 18.6 Å². The number of hydrogen-bond acceptors (Lipinski definition) is 5. The molecule has 0 aromatic rings. The van der Waals surface area contributed by atoms with Crippen molar-refractivity contribution in [3.8, 4) is 0 Å². The highest BCUT2D eigenvalue weighted by molar-refractivity contribution is 8.13. The Morgan fingerprint density at radius 3 is 2.00 bits per heavy atom. The first-order valence-corrected chi connectivity index (χ1v) is 9.78. The zero-order valence-electron chi connectivity index (χ0n) is 12.8. The molecule has 0 aliphatic heterocycles. The first kappa shape index (κ1) is 18.9. The summed E-state index contributed by atoms with van der Waals surface area (Å²) in [5, 5.41) is 4.01. The summed E-state index contributed by atoms with van der Waals surface area (Å²) in [6.45, 7) is 7.86. The summed E-state index contributed by atoms with van der Waals surface area (Å²) in [4.78, 5) is 4.14. The maximum atomic E-state index is 5.81. The minimum absolute atomic E-state index is 0.636. The third-order valence-corrected chi connectivity index (χ3v) is 6.68. The van der Waals surface area contributed by atoms with Crippen LogP contribution in [0, 0.1) is 0 Å². The Kier molecular flexibility index (Phi) is 11.7. The molecule has 0 saturated heterocycles. The molecule has 0 saturated carbocycles. The number of thioether (sulfide) groups is 1. The van der Waals surface area contributed by atoms with Crippen LogP contribution in [0.3, 0.4) is 0 Å². The Balaban J connectivity index is 4.24. The molecule has 0 aliphatic rings. The van der Waals surface area contributed by atoms with Crippen molar-refractivity contribution in [2.45, 2.75) is 33.2 Å². The molecule has 0 bridgehead atoms. The third-order valence-electron chi connectivity index (χ3n) is 2.38. The Morgan fingerprint density at radius 2 is 1.63 bits per heavy atom. The fourth-order valence-electron chi connectivity index (χ4n) is 1.71. The van der Waals surface area contributed by atoms with E-state index in [1.54, 1.807) is 18.8 Å². The van der Waals surface area contributed by atoms with Crippen LogP contribution in [-0.4, -0.2) is 53.6 Å². The molecule has 0 atom stereocenters. The second kappa shape index (κ2) is 11.7. The highest BCUT2D eigenvalue weighted by Gasteiger charge is 2.39. The number of hydrogen-bond donors (Lipinski definition) is 1. The summed E-state index contributed by atoms with van der Waals surface area (Å²) in [6.07, 6.45) is 0.998. The van der Waals surface area contributed by atoms with Crippen LogP contribution in [0.1, 0.15) is 27.2 Å². The van der Waals surface area contributed by atoms with Crippen molar-refractivity contribution in [1.82, 2.24) is 5.32 Å². The SMILES string of the molecule is CCO[Si](CCCSC(=NC)NC)(OCC)OCC. The highest BCUT2D eigenvalue weighted by Crippen LogP contribution is 2.20. The minimum Gasteiger partial charge on any atom is -0.374 e. The lowest BCUT2D eigenvalue weighted by Gasteiger charge is -2.28. The average molecular weight is 309 g/mol. The van der Waals surface area contributed by atoms with Crippen molar-refractivity contribution in [2.24, 2.45) is 4.99 Å². The van der Waals surface area contributed by atoms with Gasteiger partial charge in [0.05, 0.1) is 0 Å². The first-order chi connectivity index (χ1) is 9.17. The molecule has 0 rings (SSSR count). The van der Waals surface area contributed by atoms with E-state index in [2.05, 4.69) is 10.3 Å². The lowest BCUT2D eigenvalue weighted by Crippen LogP contribution is -2.46. The van der Waals surface area contributed by atoms with Gasteiger partial charge in [0.1, 0.15) is 0 Å². The largest absolute Gasteiger partial charge is 0.500 e. The smallest absolute Gasteiger partial charge is 0.374 e. The summed E-state index contributed by atoms with van der Waals surface area (Å²) in [6, 6.07) is 0.857. The van der Waals surface area contributed by atoms with Crippen LogP contribution in [0.4, 0.5) is 0 Å². The van der Waals surface area contributed by atoms with E-state index in [9.17, 15) is 0 Å². The van der Waals surface area contributed by atoms with E-state index in [0.29, 0.717) is 19.8 Å². The van der Waals surface area contributed by atoms with Crippen molar-refractivity contribution in [3.63, 3.8) is 0 Å². The number of nitrogens with one attached hydrogen (secondary N) is 1. The standard InChI is InChI=1S/C12H28N2O3SSi/c1-6-15-19(16-7-2,17-8-3)11-9-10-18-12(13-4)14-5/h6-11H2,1-5H3,(H,13,14). The Hall–Kier alpha value is -0.0831. The monoisotopic (exact) mass is 308 g/mol. The average Bonchev–Trinajstić information content (AvgIpc) is 2.40. The van der Waals surface area contributed by atoms with E-state index < -0.39 is 8.80 Å². The summed E-state index contributed by atoms with van der Waals surface area (Å²) in [5.41, 5.74) is 0. The molecular weight excluding hydrogens is 280 g/mol. The molecule has 0 unspecified atom stereocenters. The number of rotatable bonds is 10.